The Morgan fingerprint density at radius 1 is 1.78 bits per heavy atom. The monoisotopic (exact) mass is 224 g/mol. The summed E-state index contributed by atoms with van der Waals surface area (Å²) in [6.45, 7) is 0. The lowest BCUT2D eigenvalue weighted by molar-refractivity contribution is 0.112. The second kappa shape index (κ2) is 2.82. The first-order chi connectivity index (χ1) is 4.24. The molecule has 0 unspecified atom stereocenters. The highest BCUT2D eigenvalue weighted by atomic mass is 79.9. The van der Waals surface area contributed by atoms with Crippen LogP contribution in [0.5, 0.6) is 0 Å². The lowest BCUT2D eigenvalue weighted by Gasteiger charge is -1.76. The summed E-state index contributed by atoms with van der Waals surface area (Å²) in [4.78, 5) is 10.8. The van der Waals surface area contributed by atoms with E-state index < -0.39 is 0 Å². The molecule has 0 aliphatic rings. The maximum Gasteiger partial charge on any atom is 0.161 e. The van der Waals surface area contributed by atoms with Gasteiger partial charge in [0.25, 0.3) is 0 Å². The Balaban J connectivity index is 3.15. The van der Waals surface area contributed by atoms with Gasteiger partial charge < -0.3 is 0 Å². The average Bonchev–Trinajstić information content (AvgIpc) is 2.10. The van der Waals surface area contributed by atoms with E-state index in [0.717, 1.165) is 10.8 Å². The van der Waals surface area contributed by atoms with E-state index in [1.807, 2.05) is 0 Å². The second-order valence-corrected chi connectivity index (χ2v) is 3.95. The molecular weight excluding hydrogens is 223 g/mol. The van der Waals surface area contributed by atoms with Gasteiger partial charge in [0.15, 0.2) is 6.29 Å². The third-order valence-electron chi connectivity index (χ3n) is 0.790. The number of hydrogen-bond donors (Lipinski definition) is 0. The van der Waals surface area contributed by atoms with Gasteiger partial charge in [0, 0.05) is 4.47 Å². The number of carbonyl (C=O) groups is 1. The first-order valence-corrected chi connectivity index (χ1v) is 4.13. The van der Waals surface area contributed by atoms with Crippen molar-refractivity contribution >= 4 is 45.2 Å². The van der Waals surface area contributed by atoms with Crippen LogP contribution in [0.3, 0.4) is 0 Å². The minimum atomic E-state index is 0.629. The molecule has 48 valence electrons. The number of halogens is 2. The summed E-state index contributed by atoms with van der Waals surface area (Å²) in [5.74, 6) is 0. The summed E-state index contributed by atoms with van der Waals surface area (Å²) < 4.78 is 1.40. The molecule has 1 heterocycles. The van der Waals surface area contributed by atoms with Gasteiger partial charge in [-0.05, 0) is 22.0 Å². The summed E-state index contributed by atoms with van der Waals surface area (Å²) in [5, 5.41) is 0. The molecule has 4 heteroatoms. The highest BCUT2D eigenvalue weighted by Gasteiger charge is 2.01. The summed E-state index contributed by atoms with van der Waals surface area (Å²) >= 11 is 10.0. The molecule has 0 aliphatic heterocycles. The van der Waals surface area contributed by atoms with Crippen molar-refractivity contribution in [1.82, 2.24) is 0 Å². The standard InChI is InChI=1S/C5H2BrClOS/c6-3-1-5(7)9-4(3)2-8/h1-2H. The van der Waals surface area contributed by atoms with Crippen LogP contribution in [0.15, 0.2) is 10.5 Å². The molecule has 0 radical (unpaired) electrons. The lowest BCUT2D eigenvalue weighted by Crippen LogP contribution is -1.66. The van der Waals surface area contributed by atoms with E-state index in [1.165, 1.54) is 11.3 Å². The highest BCUT2D eigenvalue weighted by molar-refractivity contribution is 9.10. The van der Waals surface area contributed by atoms with E-state index in [4.69, 9.17) is 11.6 Å². The van der Waals surface area contributed by atoms with Gasteiger partial charge in [-0.2, -0.15) is 0 Å². The van der Waals surface area contributed by atoms with Gasteiger partial charge in [-0.15, -0.1) is 11.3 Å². The summed E-state index contributed by atoms with van der Waals surface area (Å²) in [6.07, 6.45) is 0.778. The van der Waals surface area contributed by atoms with Crippen molar-refractivity contribution in [2.75, 3.05) is 0 Å². The molecule has 9 heavy (non-hydrogen) atoms. The molecule has 1 nitrogen and oxygen atoms in total. The molecule has 0 aromatic carbocycles. The van der Waals surface area contributed by atoms with Crippen molar-refractivity contribution in [3.63, 3.8) is 0 Å². The molecule has 0 bridgehead atoms. The Labute approximate surface area is 69.8 Å². The van der Waals surface area contributed by atoms with E-state index in [2.05, 4.69) is 15.9 Å². The summed E-state index contributed by atoms with van der Waals surface area (Å²) in [5.41, 5.74) is 0. The third-order valence-corrected chi connectivity index (χ3v) is 2.90. The SMILES string of the molecule is O=Cc1sc(Cl)cc1Br. The first-order valence-electron chi connectivity index (χ1n) is 2.14. The molecule has 1 aromatic heterocycles. The highest BCUT2D eigenvalue weighted by Crippen LogP contribution is 2.28. The molecule has 0 aliphatic carbocycles. The van der Waals surface area contributed by atoms with E-state index in [-0.39, 0.29) is 0 Å². The van der Waals surface area contributed by atoms with Crippen LogP contribution in [-0.4, -0.2) is 6.29 Å². The van der Waals surface area contributed by atoms with Crippen LogP contribution in [0.1, 0.15) is 9.67 Å². The number of hydrogen-bond acceptors (Lipinski definition) is 2. The van der Waals surface area contributed by atoms with Crippen molar-refractivity contribution in [2.24, 2.45) is 0 Å². The smallest absolute Gasteiger partial charge is 0.161 e. The molecule has 0 amide bonds. The van der Waals surface area contributed by atoms with Gasteiger partial charge in [-0.25, -0.2) is 0 Å². The predicted molar refractivity (Wildman–Crippen MR) is 42.4 cm³/mol. The maximum absolute atomic E-state index is 10.2. The van der Waals surface area contributed by atoms with Crippen molar-refractivity contribution in [2.45, 2.75) is 0 Å². The normalized spacial score (nSPS) is 9.56. The van der Waals surface area contributed by atoms with Gasteiger partial charge in [0.2, 0.25) is 0 Å². The van der Waals surface area contributed by atoms with Crippen LogP contribution in [0.4, 0.5) is 0 Å². The minimum absolute atomic E-state index is 0.629. The van der Waals surface area contributed by atoms with Gasteiger partial charge in [0.1, 0.15) is 0 Å². The fourth-order valence-corrected chi connectivity index (χ4v) is 2.23. The van der Waals surface area contributed by atoms with Crippen LogP contribution in [0.2, 0.25) is 4.34 Å². The molecule has 1 rings (SSSR count). The van der Waals surface area contributed by atoms with Crippen molar-refractivity contribution in [1.29, 1.82) is 0 Å². The largest absolute Gasteiger partial charge is 0.297 e. The quantitative estimate of drug-likeness (QED) is 0.672. The maximum atomic E-state index is 10.2. The molecule has 0 N–H and O–H groups in total. The van der Waals surface area contributed by atoms with Gasteiger partial charge in [-0.1, -0.05) is 11.6 Å². The zero-order valence-corrected chi connectivity index (χ0v) is 7.39. The van der Waals surface area contributed by atoms with Crippen LogP contribution in [0, 0.1) is 0 Å². The van der Waals surface area contributed by atoms with Gasteiger partial charge >= 0.3 is 0 Å². The summed E-state index contributed by atoms with van der Waals surface area (Å²) in [7, 11) is 0. The van der Waals surface area contributed by atoms with Crippen molar-refractivity contribution < 1.29 is 4.79 Å². The van der Waals surface area contributed by atoms with Gasteiger partial charge in [-0.3, -0.25) is 4.79 Å². The molecule has 0 saturated carbocycles. The van der Waals surface area contributed by atoms with E-state index >= 15 is 0 Å². The third kappa shape index (κ3) is 1.53. The first kappa shape index (κ1) is 7.25. The molecule has 0 saturated heterocycles. The van der Waals surface area contributed by atoms with E-state index in [0.29, 0.717) is 9.21 Å². The Bertz CT molecular complexity index is 233. The van der Waals surface area contributed by atoms with E-state index in [1.54, 1.807) is 6.07 Å². The minimum Gasteiger partial charge on any atom is -0.297 e. The number of carbonyl (C=O) groups excluding carboxylic acids is 1. The Morgan fingerprint density at radius 2 is 2.44 bits per heavy atom. The van der Waals surface area contributed by atoms with Crippen LogP contribution >= 0.6 is 38.9 Å². The summed E-state index contributed by atoms with van der Waals surface area (Å²) in [6, 6.07) is 1.70. The predicted octanol–water partition coefficient (Wildman–Crippen LogP) is 2.98. The van der Waals surface area contributed by atoms with Crippen molar-refractivity contribution in [3.05, 3.63) is 19.8 Å². The lowest BCUT2D eigenvalue weighted by atomic mass is 10.5. The fraction of sp³-hybridized carbons (Fsp3) is 0. The van der Waals surface area contributed by atoms with Gasteiger partial charge in [0.05, 0.1) is 9.21 Å². The molecular formula is C5H2BrClOS. The van der Waals surface area contributed by atoms with E-state index in [9.17, 15) is 4.79 Å². The number of thiophene rings is 1. The zero-order chi connectivity index (χ0) is 6.85. The Kier molecular flexibility index (Phi) is 2.27. The van der Waals surface area contributed by atoms with Crippen LogP contribution in [0.25, 0.3) is 0 Å². The molecule has 0 fully saturated rings. The fourth-order valence-electron chi connectivity index (χ4n) is 0.434. The average molecular weight is 225 g/mol. The number of rotatable bonds is 1. The molecule has 0 spiro atoms. The Hall–Kier alpha value is 0.140. The second-order valence-electron chi connectivity index (χ2n) is 1.38. The Morgan fingerprint density at radius 3 is 2.67 bits per heavy atom. The zero-order valence-electron chi connectivity index (χ0n) is 4.23. The topological polar surface area (TPSA) is 17.1 Å². The van der Waals surface area contributed by atoms with Crippen LogP contribution in [-0.2, 0) is 0 Å². The molecule has 1 aromatic rings. The number of aldehydes is 1. The van der Waals surface area contributed by atoms with Crippen LogP contribution < -0.4 is 0 Å². The molecule has 0 atom stereocenters. The van der Waals surface area contributed by atoms with Crippen molar-refractivity contribution in [3.8, 4) is 0 Å².